The van der Waals surface area contributed by atoms with E-state index >= 15 is 0 Å². The zero-order valence-corrected chi connectivity index (χ0v) is 9.01. The van der Waals surface area contributed by atoms with E-state index in [0.717, 1.165) is 24.1 Å². The molecule has 0 aliphatic heterocycles. The fourth-order valence-electron chi connectivity index (χ4n) is 1.73. The molecule has 1 unspecified atom stereocenters. The standard InChI is InChI=1S/C11H14O2S/c1-2-7-5-9(14-6-7)10(11(12)13)8-3-4-8/h5-6,8,10H,2-4H2,1H3,(H,12,13). The van der Waals surface area contributed by atoms with Gasteiger partial charge in [0, 0.05) is 4.88 Å². The second-order valence-electron chi connectivity index (χ2n) is 3.86. The number of aliphatic carboxylic acids is 1. The van der Waals surface area contributed by atoms with Gasteiger partial charge >= 0.3 is 5.97 Å². The number of aryl methyl sites for hydroxylation is 1. The summed E-state index contributed by atoms with van der Waals surface area (Å²) in [4.78, 5) is 12.1. The Bertz CT molecular complexity index is 339. The van der Waals surface area contributed by atoms with Crippen LogP contribution in [0.25, 0.3) is 0 Å². The Hall–Kier alpha value is -0.830. The summed E-state index contributed by atoms with van der Waals surface area (Å²) in [6.07, 6.45) is 3.15. The van der Waals surface area contributed by atoms with E-state index in [2.05, 4.69) is 18.4 Å². The Morgan fingerprint density at radius 3 is 2.86 bits per heavy atom. The van der Waals surface area contributed by atoms with Crippen LogP contribution < -0.4 is 0 Å². The van der Waals surface area contributed by atoms with Gasteiger partial charge in [0.05, 0.1) is 5.92 Å². The van der Waals surface area contributed by atoms with Gasteiger partial charge in [-0.25, -0.2) is 0 Å². The highest BCUT2D eigenvalue weighted by Crippen LogP contribution is 2.44. The van der Waals surface area contributed by atoms with E-state index in [4.69, 9.17) is 5.11 Å². The summed E-state index contributed by atoms with van der Waals surface area (Å²) in [6.45, 7) is 2.10. The van der Waals surface area contributed by atoms with E-state index in [1.165, 1.54) is 5.56 Å². The van der Waals surface area contributed by atoms with Crippen molar-refractivity contribution in [3.05, 3.63) is 21.9 Å². The van der Waals surface area contributed by atoms with Crippen molar-refractivity contribution >= 4 is 17.3 Å². The summed E-state index contributed by atoms with van der Waals surface area (Å²) in [5.41, 5.74) is 1.26. The summed E-state index contributed by atoms with van der Waals surface area (Å²) in [5.74, 6) is -0.492. The van der Waals surface area contributed by atoms with Gasteiger partial charge in [0.2, 0.25) is 0 Å². The largest absolute Gasteiger partial charge is 0.481 e. The van der Waals surface area contributed by atoms with Crippen molar-refractivity contribution in [3.8, 4) is 0 Å². The zero-order valence-electron chi connectivity index (χ0n) is 8.19. The number of hydrogen-bond donors (Lipinski definition) is 1. The average molecular weight is 210 g/mol. The maximum Gasteiger partial charge on any atom is 0.312 e. The molecule has 1 aromatic heterocycles. The number of rotatable bonds is 4. The third-order valence-corrected chi connectivity index (χ3v) is 3.81. The minimum atomic E-state index is -0.656. The van der Waals surface area contributed by atoms with Crippen molar-refractivity contribution < 1.29 is 9.90 Å². The van der Waals surface area contributed by atoms with Crippen molar-refractivity contribution in [1.82, 2.24) is 0 Å². The van der Waals surface area contributed by atoms with Crippen molar-refractivity contribution in [2.24, 2.45) is 5.92 Å². The average Bonchev–Trinajstić information content (AvgIpc) is 2.83. The van der Waals surface area contributed by atoms with E-state index in [1.54, 1.807) is 11.3 Å². The number of carboxylic acids is 1. The molecule has 76 valence electrons. The number of carbonyl (C=O) groups is 1. The van der Waals surface area contributed by atoms with Crippen molar-refractivity contribution in [2.45, 2.75) is 32.1 Å². The first-order chi connectivity index (χ1) is 6.72. The van der Waals surface area contributed by atoms with Crippen LogP contribution in [0.1, 0.15) is 36.1 Å². The predicted octanol–water partition coefficient (Wildman–Crippen LogP) is 2.89. The molecule has 1 atom stereocenters. The monoisotopic (exact) mass is 210 g/mol. The van der Waals surface area contributed by atoms with Crippen LogP contribution in [-0.2, 0) is 11.2 Å². The Kier molecular flexibility index (Phi) is 2.59. The molecule has 2 nitrogen and oxygen atoms in total. The maximum absolute atomic E-state index is 11.1. The molecule has 1 saturated carbocycles. The highest BCUT2D eigenvalue weighted by molar-refractivity contribution is 7.10. The van der Waals surface area contributed by atoms with Gasteiger partial charge in [-0.15, -0.1) is 11.3 Å². The second-order valence-corrected chi connectivity index (χ2v) is 4.81. The molecule has 14 heavy (non-hydrogen) atoms. The van der Waals surface area contributed by atoms with Crippen molar-refractivity contribution in [2.75, 3.05) is 0 Å². The molecule has 2 rings (SSSR count). The van der Waals surface area contributed by atoms with Gasteiger partial charge in [0.25, 0.3) is 0 Å². The molecule has 0 amide bonds. The molecule has 1 aliphatic carbocycles. The summed E-state index contributed by atoms with van der Waals surface area (Å²) in [7, 11) is 0. The molecule has 0 aromatic carbocycles. The van der Waals surface area contributed by atoms with Gasteiger partial charge in [0.1, 0.15) is 0 Å². The van der Waals surface area contributed by atoms with E-state index in [0.29, 0.717) is 5.92 Å². The lowest BCUT2D eigenvalue weighted by Crippen LogP contribution is -2.12. The number of hydrogen-bond acceptors (Lipinski definition) is 2. The summed E-state index contributed by atoms with van der Waals surface area (Å²) in [5, 5.41) is 11.2. The van der Waals surface area contributed by atoms with E-state index in [1.807, 2.05) is 0 Å². The molecule has 1 heterocycles. The van der Waals surface area contributed by atoms with Crippen LogP contribution in [0.5, 0.6) is 0 Å². The number of carboxylic acid groups (broad SMARTS) is 1. The molecule has 1 fully saturated rings. The summed E-state index contributed by atoms with van der Waals surface area (Å²) in [6, 6.07) is 2.06. The molecule has 1 aromatic rings. The van der Waals surface area contributed by atoms with E-state index in [-0.39, 0.29) is 5.92 Å². The topological polar surface area (TPSA) is 37.3 Å². The van der Waals surface area contributed by atoms with Crippen LogP contribution >= 0.6 is 11.3 Å². The lowest BCUT2D eigenvalue weighted by molar-refractivity contribution is -0.139. The summed E-state index contributed by atoms with van der Waals surface area (Å²) >= 11 is 1.60. The molecule has 0 radical (unpaired) electrons. The Morgan fingerprint density at radius 2 is 2.43 bits per heavy atom. The molecule has 0 saturated heterocycles. The third-order valence-electron chi connectivity index (χ3n) is 2.75. The van der Waals surface area contributed by atoms with E-state index in [9.17, 15) is 4.79 Å². The van der Waals surface area contributed by atoms with Crippen LogP contribution in [-0.4, -0.2) is 11.1 Å². The van der Waals surface area contributed by atoms with Gasteiger partial charge in [-0.3, -0.25) is 4.79 Å². The van der Waals surface area contributed by atoms with Crippen LogP contribution in [0.4, 0.5) is 0 Å². The second kappa shape index (κ2) is 3.73. The quantitative estimate of drug-likeness (QED) is 0.829. The first-order valence-electron chi connectivity index (χ1n) is 5.02. The van der Waals surface area contributed by atoms with E-state index < -0.39 is 5.97 Å². The lowest BCUT2D eigenvalue weighted by Gasteiger charge is -2.07. The smallest absolute Gasteiger partial charge is 0.312 e. The van der Waals surface area contributed by atoms with Crippen molar-refractivity contribution in [1.29, 1.82) is 0 Å². The van der Waals surface area contributed by atoms with Crippen LogP contribution in [0.15, 0.2) is 11.4 Å². The Labute approximate surface area is 87.6 Å². The van der Waals surface area contributed by atoms with Gasteiger partial charge in [-0.2, -0.15) is 0 Å². The number of thiophene rings is 1. The highest BCUT2D eigenvalue weighted by atomic mass is 32.1. The third kappa shape index (κ3) is 1.82. The molecule has 1 aliphatic rings. The summed E-state index contributed by atoms with van der Waals surface area (Å²) < 4.78 is 0. The normalized spacial score (nSPS) is 18.1. The first-order valence-corrected chi connectivity index (χ1v) is 5.90. The molecule has 1 N–H and O–H groups in total. The molecule has 3 heteroatoms. The predicted molar refractivity (Wildman–Crippen MR) is 56.8 cm³/mol. The van der Waals surface area contributed by atoms with Gasteiger partial charge in [-0.1, -0.05) is 6.92 Å². The minimum absolute atomic E-state index is 0.236. The minimum Gasteiger partial charge on any atom is -0.481 e. The van der Waals surface area contributed by atoms with Gasteiger partial charge < -0.3 is 5.11 Å². The first kappa shape index (κ1) is 9.71. The molecule has 0 spiro atoms. The van der Waals surface area contributed by atoms with Crippen LogP contribution in [0.2, 0.25) is 0 Å². The van der Waals surface area contributed by atoms with Crippen LogP contribution in [0.3, 0.4) is 0 Å². The van der Waals surface area contributed by atoms with Gasteiger partial charge in [0.15, 0.2) is 0 Å². The van der Waals surface area contributed by atoms with Crippen molar-refractivity contribution in [3.63, 3.8) is 0 Å². The molecular formula is C11H14O2S. The lowest BCUT2D eigenvalue weighted by atomic mass is 10.0. The fraction of sp³-hybridized carbons (Fsp3) is 0.545. The highest BCUT2D eigenvalue weighted by Gasteiger charge is 2.38. The maximum atomic E-state index is 11.1. The fourth-order valence-corrected chi connectivity index (χ4v) is 2.91. The molecular weight excluding hydrogens is 196 g/mol. The SMILES string of the molecule is CCc1csc(C(C(=O)O)C2CC2)c1. The van der Waals surface area contributed by atoms with Gasteiger partial charge in [-0.05, 0) is 42.2 Å². The molecule has 0 bridgehead atoms. The Balaban J connectivity index is 2.21. The Morgan fingerprint density at radius 1 is 1.71 bits per heavy atom. The zero-order chi connectivity index (χ0) is 10.1. The van der Waals surface area contributed by atoms with Crippen LogP contribution in [0, 0.1) is 5.92 Å².